The van der Waals surface area contributed by atoms with Gasteiger partial charge in [0.1, 0.15) is 0 Å². The van der Waals surface area contributed by atoms with Crippen molar-refractivity contribution in [1.82, 2.24) is 0 Å². The topological polar surface area (TPSA) is 20.2 Å². The van der Waals surface area contributed by atoms with Crippen LogP contribution in [0.25, 0.3) is 0 Å². The Morgan fingerprint density at radius 2 is 1.14 bits per heavy atom. The molecule has 0 aromatic heterocycles. The van der Waals surface area contributed by atoms with Crippen LogP contribution < -0.4 is 0 Å². The van der Waals surface area contributed by atoms with Crippen LogP contribution in [0.5, 0.6) is 0 Å². The van der Waals surface area contributed by atoms with Gasteiger partial charge in [-0.15, -0.1) is 37.2 Å². The molecule has 1 N–H and O–H groups in total. The Bertz CT molecular complexity index is 12.9. The van der Waals surface area contributed by atoms with E-state index >= 15 is 0 Å². The molecule has 0 aliphatic heterocycles. The van der Waals surface area contributed by atoms with Crippen LogP contribution >= 0.6 is 37.2 Å². The van der Waals surface area contributed by atoms with Gasteiger partial charge in [0.05, 0.1) is 0 Å². The maximum Gasteiger partial charge on any atom is 0.0402 e. The summed E-state index contributed by atoms with van der Waals surface area (Å²) in [6.07, 6.45) is 0. The number of hydrogen-bond donors (Lipinski definition) is 1. The third-order valence-corrected chi connectivity index (χ3v) is 0. The van der Waals surface area contributed by atoms with Gasteiger partial charge < -0.3 is 5.11 Å². The van der Waals surface area contributed by atoms with E-state index in [-0.39, 0.29) is 93.2 Å². The van der Waals surface area contributed by atoms with Crippen molar-refractivity contribution in [2.45, 2.75) is 6.92 Å². The molecule has 0 rings (SSSR count). The molecule has 0 atom stereocenters. The van der Waals surface area contributed by atoms with Crippen molar-refractivity contribution in [2.24, 2.45) is 0 Å². The Morgan fingerprint density at radius 3 is 1.14 bits per heavy atom. The van der Waals surface area contributed by atoms with Gasteiger partial charge in [-0.3, -0.25) is 0 Å². The van der Waals surface area contributed by atoms with E-state index in [4.69, 9.17) is 5.11 Å². The second-order valence-electron chi connectivity index (χ2n) is 0.316. The summed E-state index contributed by atoms with van der Waals surface area (Å²) in [6, 6.07) is 0. The Hall–Kier alpha value is 2.41. The standard InChI is InChI=1S/C2H6O.3ClH.Eu/c1-2-3;;;;/h3H,2H2,1H3;3*1H;. The normalized spacial score (nSPS) is 2.57. The van der Waals surface area contributed by atoms with Crippen molar-refractivity contribution in [3.05, 3.63) is 0 Å². The first-order valence-corrected chi connectivity index (χ1v) is 1.02. The fourth-order valence-corrected chi connectivity index (χ4v) is 0. The quantitative estimate of drug-likeness (QED) is 0.714. The second kappa shape index (κ2) is 39.7. The zero-order valence-electron chi connectivity index (χ0n) is 3.76. The maximum absolute atomic E-state index is 7.57. The number of aliphatic hydroxyl groups excluding tert-OH is 1. The van der Waals surface area contributed by atoms with Gasteiger partial charge in [0.2, 0.25) is 0 Å². The summed E-state index contributed by atoms with van der Waals surface area (Å²) >= 11 is 0. The Kier molecular flexibility index (Phi) is 194. The van der Waals surface area contributed by atoms with Crippen LogP contribution in [0.4, 0.5) is 0 Å². The fraction of sp³-hybridized carbons (Fsp3) is 1.00. The molecule has 1 nitrogen and oxygen atoms in total. The molecule has 0 fully saturated rings. The third-order valence-electron chi connectivity index (χ3n) is 0. The minimum Gasteiger partial charge on any atom is -0.397 e. The average molecular weight is 307 g/mol. The molecular weight excluding hydrogens is 298 g/mol. The smallest absolute Gasteiger partial charge is 0.0402 e. The van der Waals surface area contributed by atoms with Gasteiger partial charge in [-0.2, -0.15) is 0 Å². The van der Waals surface area contributed by atoms with Gasteiger partial charge in [0.25, 0.3) is 0 Å². The second-order valence-corrected chi connectivity index (χ2v) is 0.316. The van der Waals surface area contributed by atoms with E-state index in [1.54, 1.807) is 6.92 Å². The number of halogens is 3. The molecule has 0 aromatic carbocycles. The monoisotopic (exact) mass is 307 g/mol. The molecular formula is C2H9Cl3EuO. The first kappa shape index (κ1) is 34.2. The summed E-state index contributed by atoms with van der Waals surface area (Å²) in [4.78, 5) is 0. The van der Waals surface area contributed by atoms with Gasteiger partial charge in [0.15, 0.2) is 0 Å². The number of hydrogen-bond acceptors (Lipinski definition) is 1. The molecule has 0 aliphatic rings. The molecule has 0 heterocycles. The molecule has 0 amide bonds. The van der Waals surface area contributed by atoms with Gasteiger partial charge in [-0.1, -0.05) is 0 Å². The Morgan fingerprint density at radius 1 is 1.14 bits per heavy atom. The molecule has 0 spiro atoms. The van der Waals surface area contributed by atoms with Crippen LogP contribution in [0.15, 0.2) is 0 Å². The molecule has 0 unspecified atom stereocenters. The van der Waals surface area contributed by atoms with Crippen molar-refractivity contribution >= 4 is 37.2 Å². The zero-order chi connectivity index (χ0) is 2.71. The van der Waals surface area contributed by atoms with Crippen molar-refractivity contribution in [1.29, 1.82) is 0 Å². The summed E-state index contributed by atoms with van der Waals surface area (Å²) in [5, 5.41) is 7.57. The molecule has 0 bridgehead atoms. The molecule has 0 aromatic rings. The molecule has 7 heavy (non-hydrogen) atoms. The van der Waals surface area contributed by atoms with E-state index in [2.05, 4.69) is 0 Å². The SMILES string of the molecule is CCO.Cl.Cl.Cl.[Eu]. The molecule has 0 aliphatic carbocycles. The van der Waals surface area contributed by atoms with E-state index in [1.165, 1.54) is 0 Å². The summed E-state index contributed by atoms with van der Waals surface area (Å²) in [5.74, 6) is 0. The third kappa shape index (κ3) is 59.4. The van der Waals surface area contributed by atoms with Gasteiger partial charge in [-0.05, 0) is 6.92 Å². The van der Waals surface area contributed by atoms with Crippen LogP contribution in [-0.4, -0.2) is 11.7 Å². The first-order valence-electron chi connectivity index (χ1n) is 1.02. The minimum atomic E-state index is 0. The van der Waals surface area contributed by atoms with Gasteiger partial charge >= 0.3 is 0 Å². The molecule has 0 saturated heterocycles. The van der Waals surface area contributed by atoms with Crippen LogP contribution in [-0.2, 0) is 0 Å². The Labute approximate surface area is 103 Å². The summed E-state index contributed by atoms with van der Waals surface area (Å²) < 4.78 is 0. The van der Waals surface area contributed by atoms with E-state index in [1.807, 2.05) is 0 Å². The van der Waals surface area contributed by atoms with Crippen LogP contribution in [0.1, 0.15) is 6.92 Å². The number of aliphatic hydroxyl groups is 1. The largest absolute Gasteiger partial charge is 0.397 e. The van der Waals surface area contributed by atoms with Crippen LogP contribution in [0, 0.1) is 49.4 Å². The van der Waals surface area contributed by atoms with Crippen molar-refractivity contribution in [3.8, 4) is 0 Å². The van der Waals surface area contributed by atoms with Gasteiger partial charge in [0, 0.05) is 56.0 Å². The summed E-state index contributed by atoms with van der Waals surface area (Å²) in [6.45, 7) is 1.93. The van der Waals surface area contributed by atoms with E-state index in [0.29, 0.717) is 0 Å². The van der Waals surface area contributed by atoms with E-state index < -0.39 is 0 Å². The van der Waals surface area contributed by atoms with Crippen molar-refractivity contribution in [3.63, 3.8) is 0 Å². The van der Waals surface area contributed by atoms with Crippen molar-refractivity contribution in [2.75, 3.05) is 6.61 Å². The predicted octanol–water partition coefficient (Wildman–Crippen LogP) is 1.26. The summed E-state index contributed by atoms with van der Waals surface area (Å²) in [5.41, 5.74) is 0. The maximum atomic E-state index is 7.57. The van der Waals surface area contributed by atoms with E-state index in [9.17, 15) is 0 Å². The molecule has 0 saturated carbocycles. The molecule has 5 heteroatoms. The van der Waals surface area contributed by atoms with Crippen molar-refractivity contribution < 1.29 is 54.5 Å². The fourth-order valence-electron chi connectivity index (χ4n) is 0. The zero-order valence-corrected chi connectivity index (χ0v) is 8.63. The van der Waals surface area contributed by atoms with Crippen LogP contribution in [0.3, 0.4) is 0 Å². The first-order chi connectivity index (χ1) is 1.41. The number of rotatable bonds is 0. The van der Waals surface area contributed by atoms with E-state index in [0.717, 1.165) is 0 Å². The minimum absolute atomic E-state index is 0. The Balaban J connectivity index is -0.00000000333. The molecule has 51 valence electrons. The summed E-state index contributed by atoms with van der Waals surface area (Å²) in [7, 11) is 0. The van der Waals surface area contributed by atoms with Crippen LogP contribution in [0.2, 0.25) is 0 Å². The average Bonchev–Trinajstić information content (AvgIpc) is 0.918. The molecule has 1 radical (unpaired) electrons. The predicted molar refractivity (Wildman–Crippen MR) is 34.5 cm³/mol. The van der Waals surface area contributed by atoms with Gasteiger partial charge in [-0.25, -0.2) is 0 Å².